The smallest absolute Gasteiger partial charge is 0.337 e. The molecule has 132 valence electrons. The van der Waals surface area contributed by atoms with Gasteiger partial charge in [-0.05, 0) is 49.9 Å². The first-order chi connectivity index (χ1) is 11.5. The second-order valence-corrected chi connectivity index (χ2v) is 7.55. The number of hydrogen-bond donors (Lipinski definition) is 1. The number of anilines is 1. The molecule has 0 aromatic heterocycles. The van der Waals surface area contributed by atoms with Crippen molar-refractivity contribution < 1.29 is 14.6 Å². The van der Waals surface area contributed by atoms with Gasteiger partial charge in [-0.3, -0.25) is 0 Å². The third-order valence-corrected chi connectivity index (χ3v) is 5.96. The number of aliphatic hydroxyl groups is 1. The number of carbonyl (C=O) groups excluding carboxylic acids is 1. The van der Waals surface area contributed by atoms with Gasteiger partial charge in [0.2, 0.25) is 0 Å². The molecule has 0 radical (unpaired) electrons. The van der Waals surface area contributed by atoms with E-state index in [1.54, 1.807) is 0 Å². The third kappa shape index (κ3) is 3.60. The topological polar surface area (TPSA) is 53.0 Å². The summed E-state index contributed by atoms with van der Waals surface area (Å²) in [6.07, 6.45) is 3.10. The number of carbonyl (C=O) groups is 1. The predicted octanol–water partition coefficient (Wildman–Crippen LogP) is 2.20. The molecule has 24 heavy (non-hydrogen) atoms. The van der Waals surface area contributed by atoms with Gasteiger partial charge in [-0.25, -0.2) is 4.79 Å². The van der Waals surface area contributed by atoms with E-state index in [0.717, 1.165) is 45.6 Å². The lowest BCUT2D eigenvalue weighted by molar-refractivity contribution is -0.167. The van der Waals surface area contributed by atoms with Crippen molar-refractivity contribution in [2.24, 2.45) is 0 Å². The number of hydrogen-bond acceptors (Lipinski definition) is 5. The second-order valence-electron chi connectivity index (χ2n) is 6.69. The van der Waals surface area contributed by atoms with Gasteiger partial charge in [-0.1, -0.05) is 22.0 Å². The van der Waals surface area contributed by atoms with Gasteiger partial charge < -0.3 is 19.6 Å². The van der Waals surface area contributed by atoms with Crippen LogP contribution in [0.3, 0.4) is 0 Å². The van der Waals surface area contributed by atoms with Crippen LogP contribution < -0.4 is 4.90 Å². The molecule has 1 aromatic carbocycles. The molecule has 0 spiro atoms. The van der Waals surface area contributed by atoms with E-state index in [-0.39, 0.29) is 0 Å². The van der Waals surface area contributed by atoms with Gasteiger partial charge in [0.1, 0.15) is 0 Å². The highest BCUT2D eigenvalue weighted by atomic mass is 79.9. The van der Waals surface area contributed by atoms with Gasteiger partial charge in [0.05, 0.1) is 7.11 Å². The van der Waals surface area contributed by atoms with Crippen molar-refractivity contribution in [1.29, 1.82) is 0 Å². The van der Waals surface area contributed by atoms with Gasteiger partial charge in [-0.2, -0.15) is 0 Å². The molecular weight excluding hydrogens is 372 g/mol. The number of ether oxygens (including phenoxy) is 1. The van der Waals surface area contributed by atoms with E-state index in [1.807, 2.05) is 0 Å². The average molecular weight is 397 g/mol. The fraction of sp³-hybridized carbons (Fsp3) is 0.611. The number of halogens is 1. The number of fused-ring (bicyclic) bond motifs is 1. The van der Waals surface area contributed by atoms with Crippen molar-refractivity contribution in [3.63, 3.8) is 0 Å². The van der Waals surface area contributed by atoms with Crippen LogP contribution in [0.1, 0.15) is 24.8 Å². The Labute approximate surface area is 151 Å². The summed E-state index contributed by atoms with van der Waals surface area (Å²) in [7, 11) is 1.33. The van der Waals surface area contributed by atoms with Crippen LogP contribution in [0.2, 0.25) is 0 Å². The van der Waals surface area contributed by atoms with Crippen molar-refractivity contribution >= 4 is 27.6 Å². The Morgan fingerprint density at radius 1 is 1.29 bits per heavy atom. The molecule has 3 rings (SSSR count). The van der Waals surface area contributed by atoms with E-state index in [1.165, 1.54) is 22.8 Å². The molecule has 0 amide bonds. The number of methoxy groups -OCH3 is 1. The zero-order valence-corrected chi connectivity index (χ0v) is 15.7. The number of esters is 1. The van der Waals surface area contributed by atoms with Crippen molar-refractivity contribution in [1.82, 2.24) is 4.90 Å². The van der Waals surface area contributed by atoms with Crippen LogP contribution in [0.15, 0.2) is 22.7 Å². The normalized spacial score (nSPS) is 20.0. The lowest BCUT2D eigenvalue weighted by atomic mass is 9.91. The van der Waals surface area contributed by atoms with Crippen molar-refractivity contribution in [2.45, 2.75) is 31.3 Å². The highest BCUT2D eigenvalue weighted by Gasteiger charge is 2.40. The van der Waals surface area contributed by atoms with Crippen molar-refractivity contribution in [2.75, 3.05) is 44.7 Å². The molecule has 5 nitrogen and oxygen atoms in total. The van der Waals surface area contributed by atoms with E-state index in [4.69, 9.17) is 4.74 Å². The standard InChI is InChI=1S/C18H25BrN2O3/c1-24-17(22)18(23)7-12-20(13-8-18)9-3-10-21-11-6-14-15(19)4-2-5-16(14)21/h2,4-5,23H,3,6-13H2,1H3. The van der Waals surface area contributed by atoms with Crippen LogP contribution in [-0.4, -0.2) is 61.4 Å². The summed E-state index contributed by atoms with van der Waals surface area (Å²) in [4.78, 5) is 16.4. The lowest BCUT2D eigenvalue weighted by Crippen LogP contribution is -2.50. The molecule has 1 saturated heterocycles. The molecule has 1 aromatic rings. The molecule has 6 heteroatoms. The maximum Gasteiger partial charge on any atom is 0.337 e. The first-order valence-electron chi connectivity index (χ1n) is 8.59. The molecule has 0 atom stereocenters. The zero-order chi connectivity index (χ0) is 17.2. The molecule has 2 aliphatic rings. The SMILES string of the molecule is COC(=O)C1(O)CCN(CCCN2CCc3c(Br)cccc32)CC1. The Kier molecular flexibility index (Phi) is 5.47. The van der Waals surface area contributed by atoms with Gasteiger partial charge >= 0.3 is 5.97 Å². The molecule has 2 aliphatic heterocycles. The minimum Gasteiger partial charge on any atom is -0.467 e. The van der Waals surface area contributed by atoms with E-state index in [9.17, 15) is 9.90 Å². The predicted molar refractivity (Wildman–Crippen MR) is 97.3 cm³/mol. The van der Waals surface area contributed by atoms with Crippen LogP contribution in [-0.2, 0) is 16.0 Å². The summed E-state index contributed by atoms with van der Waals surface area (Å²) in [5.41, 5.74) is 1.48. The van der Waals surface area contributed by atoms with Crippen LogP contribution in [0, 0.1) is 0 Å². The van der Waals surface area contributed by atoms with Gasteiger partial charge in [-0.15, -0.1) is 0 Å². The van der Waals surface area contributed by atoms with Gasteiger partial charge in [0.15, 0.2) is 5.60 Å². The molecule has 1 fully saturated rings. The van der Waals surface area contributed by atoms with E-state index >= 15 is 0 Å². The Balaban J connectivity index is 1.45. The molecular formula is C18H25BrN2O3. The number of rotatable bonds is 5. The first kappa shape index (κ1) is 17.7. The third-order valence-electron chi connectivity index (χ3n) is 5.22. The average Bonchev–Trinajstić information content (AvgIpc) is 3.01. The second kappa shape index (κ2) is 7.42. The Hall–Kier alpha value is -1.11. The minimum absolute atomic E-state index is 0.458. The summed E-state index contributed by atoms with van der Waals surface area (Å²) in [5.74, 6) is -0.499. The van der Waals surface area contributed by atoms with Crippen molar-refractivity contribution in [3.05, 3.63) is 28.2 Å². The van der Waals surface area contributed by atoms with Gasteiger partial charge in [0, 0.05) is 36.3 Å². The van der Waals surface area contributed by atoms with E-state index < -0.39 is 11.6 Å². The molecule has 0 aliphatic carbocycles. The Morgan fingerprint density at radius 2 is 2.04 bits per heavy atom. The van der Waals surface area contributed by atoms with Crippen LogP contribution >= 0.6 is 15.9 Å². The highest BCUT2D eigenvalue weighted by molar-refractivity contribution is 9.10. The maximum absolute atomic E-state index is 11.6. The van der Waals surface area contributed by atoms with E-state index in [2.05, 4.69) is 43.9 Å². The molecule has 0 bridgehead atoms. The molecule has 0 unspecified atom stereocenters. The minimum atomic E-state index is -1.29. The van der Waals surface area contributed by atoms with E-state index in [0.29, 0.717) is 12.8 Å². The Morgan fingerprint density at radius 3 is 2.75 bits per heavy atom. The van der Waals surface area contributed by atoms with Crippen molar-refractivity contribution in [3.8, 4) is 0 Å². The van der Waals surface area contributed by atoms with Crippen LogP contribution in [0.25, 0.3) is 0 Å². The highest BCUT2D eigenvalue weighted by Crippen LogP contribution is 2.33. The first-order valence-corrected chi connectivity index (χ1v) is 9.38. The van der Waals surface area contributed by atoms with Crippen LogP contribution in [0.4, 0.5) is 5.69 Å². The largest absolute Gasteiger partial charge is 0.467 e. The summed E-state index contributed by atoms with van der Waals surface area (Å²) < 4.78 is 5.91. The number of nitrogens with zero attached hydrogens (tertiary/aromatic N) is 2. The number of benzene rings is 1. The molecule has 1 N–H and O–H groups in total. The monoisotopic (exact) mass is 396 g/mol. The Bertz CT molecular complexity index is 600. The molecule has 2 heterocycles. The molecule has 0 saturated carbocycles. The number of piperidine rings is 1. The summed E-state index contributed by atoms with van der Waals surface area (Å²) in [6, 6.07) is 6.41. The fourth-order valence-corrected chi connectivity index (χ4v) is 4.27. The summed E-state index contributed by atoms with van der Waals surface area (Å²) in [5, 5.41) is 10.3. The fourth-order valence-electron chi connectivity index (χ4n) is 3.72. The quantitative estimate of drug-likeness (QED) is 0.773. The van der Waals surface area contributed by atoms with Gasteiger partial charge in [0.25, 0.3) is 0 Å². The number of likely N-dealkylation sites (tertiary alicyclic amines) is 1. The summed E-state index contributed by atoms with van der Waals surface area (Å²) >= 11 is 3.64. The maximum atomic E-state index is 11.6. The lowest BCUT2D eigenvalue weighted by Gasteiger charge is -2.36. The zero-order valence-electron chi connectivity index (χ0n) is 14.1. The summed E-state index contributed by atoms with van der Waals surface area (Å²) in [6.45, 7) is 4.61. The van der Waals surface area contributed by atoms with Crippen LogP contribution in [0.5, 0.6) is 0 Å².